The van der Waals surface area contributed by atoms with Gasteiger partial charge in [-0.15, -0.1) is 0 Å². The number of ether oxygens (including phenoxy) is 1. The lowest BCUT2D eigenvalue weighted by molar-refractivity contribution is 0.0895. The van der Waals surface area contributed by atoms with Crippen LogP contribution in [-0.2, 0) is 11.2 Å². The molecule has 1 saturated heterocycles. The van der Waals surface area contributed by atoms with Gasteiger partial charge in [-0.05, 0) is 56.8 Å². The summed E-state index contributed by atoms with van der Waals surface area (Å²) in [5.74, 6) is 0.650. The molecule has 0 aliphatic carbocycles. The molecule has 1 aliphatic rings. The summed E-state index contributed by atoms with van der Waals surface area (Å²) in [4.78, 5) is 0. The van der Waals surface area contributed by atoms with Crippen LogP contribution in [0.25, 0.3) is 0 Å². The molecule has 100 valence electrons. The average molecular weight is 312 g/mol. The molecule has 0 radical (unpaired) electrons. The molecule has 0 spiro atoms. The molecule has 0 saturated carbocycles. The van der Waals surface area contributed by atoms with Crippen molar-refractivity contribution < 1.29 is 4.74 Å². The van der Waals surface area contributed by atoms with Crippen LogP contribution in [0.1, 0.15) is 24.8 Å². The maximum Gasteiger partial charge on any atom is 0.0579 e. The normalized spacial score (nSPS) is 21.1. The summed E-state index contributed by atoms with van der Waals surface area (Å²) in [6.45, 7) is 2.01. The first-order chi connectivity index (χ1) is 8.79. The molecular weight excluding hydrogens is 290 g/mol. The van der Waals surface area contributed by atoms with Crippen molar-refractivity contribution in [3.8, 4) is 0 Å². The van der Waals surface area contributed by atoms with Crippen molar-refractivity contribution in [3.05, 3.63) is 34.3 Å². The summed E-state index contributed by atoms with van der Waals surface area (Å²) in [7, 11) is 2.03. The predicted octanol–water partition coefficient (Wildman–Crippen LogP) is 3.40. The van der Waals surface area contributed by atoms with E-state index in [1.165, 1.54) is 29.3 Å². The topological polar surface area (TPSA) is 21.3 Å². The van der Waals surface area contributed by atoms with Crippen LogP contribution in [0.4, 0.5) is 0 Å². The summed E-state index contributed by atoms with van der Waals surface area (Å²) < 4.78 is 6.98. The molecule has 1 N–H and O–H groups in total. The van der Waals surface area contributed by atoms with Crippen molar-refractivity contribution in [2.45, 2.75) is 31.8 Å². The number of benzene rings is 1. The van der Waals surface area contributed by atoms with Gasteiger partial charge in [-0.1, -0.05) is 34.1 Å². The Hall–Kier alpha value is -0.380. The first-order valence-electron chi connectivity index (χ1n) is 6.79. The molecule has 2 rings (SSSR count). The van der Waals surface area contributed by atoms with Gasteiger partial charge in [0.15, 0.2) is 0 Å². The second-order valence-corrected chi connectivity index (χ2v) is 5.94. The Kier molecular flexibility index (Phi) is 5.67. The van der Waals surface area contributed by atoms with Crippen LogP contribution in [0.15, 0.2) is 28.7 Å². The lowest BCUT2D eigenvalue weighted by atomic mass is 9.92. The molecule has 1 fully saturated rings. The molecule has 0 aromatic heterocycles. The zero-order valence-electron chi connectivity index (χ0n) is 11.0. The highest BCUT2D eigenvalue weighted by Gasteiger charge is 2.21. The standard InChI is InChI=1S/C15H22BrNO/c1-17-11-12(10-14-6-4-8-18-14)9-13-5-2-3-7-15(13)16/h2-3,5,7,12,14,17H,4,6,8-11H2,1H3. The third-order valence-electron chi connectivity index (χ3n) is 3.58. The van der Waals surface area contributed by atoms with Crippen molar-refractivity contribution >= 4 is 15.9 Å². The second-order valence-electron chi connectivity index (χ2n) is 5.09. The lowest BCUT2D eigenvalue weighted by Gasteiger charge is -2.20. The van der Waals surface area contributed by atoms with E-state index in [0.717, 1.165) is 19.6 Å². The minimum Gasteiger partial charge on any atom is -0.378 e. The fraction of sp³-hybridized carbons (Fsp3) is 0.600. The van der Waals surface area contributed by atoms with Crippen molar-refractivity contribution in [1.82, 2.24) is 5.32 Å². The van der Waals surface area contributed by atoms with Crippen LogP contribution >= 0.6 is 15.9 Å². The zero-order chi connectivity index (χ0) is 12.8. The van der Waals surface area contributed by atoms with Gasteiger partial charge in [-0.2, -0.15) is 0 Å². The maximum atomic E-state index is 5.76. The van der Waals surface area contributed by atoms with E-state index in [2.05, 4.69) is 45.5 Å². The molecule has 1 heterocycles. The van der Waals surface area contributed by atoms with Gasteiger partial charge in [-0.25, -0.2) is 0 Å². The molecule has 2 atom stereocenters. The van der Waals surface area contributed by atoms with Crippen LogP contribution in [0, 0.1) is 5.92 Å². The third kappa shape index (κ3) is 4.08. The minimum absolute atomic E-state index is 0.478. The average Bonchev–Trinajstić information content (AvgIpc) is 2.85. The van der Waals surface area contributed by atoms with Gasteiger partial charge in [-0.3, -0.25) is 0 Å². The van der Waals surface area contributed by atoms with Crippen molar-refractivity contribution in [3.63, 3.8) is 0 Å². The Bertz CT molecular complexity index is 363. The van der Waals surface area contributed by atoms with E-state index in [-0.39, 0.29) is 0 Å². The van der Waals surface area contributed by atoms with Gasteiger partial charge in [0.25, 0.3) is 0 Å². The summed E-state index contributed by atoms with van der Waals surface area (Å²) in [5.41, 5.74) is 1.40. The van der Waals surface area contributed by atoms with E-state index in [9.17, 15) is 0 Å². The highest BCUT2D eigenvalue weighted by atomic mass is 79.9. The van der Waals surface area contributed by atoms with Crippen molar-refractivity contribution in [2.75, 3.05) is 20.2 Å². The van der Waals surface area contributed by atoms with Crippen LogP contribution in [0.2, 0.25) is 0 Å². The second kappa shape index (κ2) is 7.27. The first kappa shape index (κ1) is 14.0. The largest absolute Gasteiger partial charge is 0.378 e. The van der Waals surface area contributed by atoms with Gasteiger partial charge in [0, 0.05) is 11.1 Å². The molecule has 18 heavy (non-hydrogen) atoms. The Morgan fingerprint density at radius 3 is 2.94 bits per heavy atom. The minimum atomic E-state index is 0.478. The number of nitrogens with one attached hydrogen (secondary N) is 1. The maximum absolute atomic E-state index is 5.76. The van der Waals surface area contributed by atoms with Gasteiger partial charge < -0.3 is 10.1 Å². The van der Waals surface area contributed by atoms with Crippen LogP contribution in [0.5, 0.6) is 0 Å². The number of rotatable bonds is 6. The molecule has 2 unspecified atom stereocenters. The summed E-state index contributed by atoms with van der Waals surface area (Å²) >= 11 is 3.64. The predicted molar refractivity (Wildman–Crippen MR) is 78.9 cm³/mol. The monoisotopic (exact) mass is 311 g/mol. The smallest absolute Gasteiger partial charge is 0.0579 e. The Morgan fingerprint density at radius 1 is 1.44 bits per heavy atom. The van der Waals surface area contributed by atoms with Gasteiger partial charge in [0.05, 0.1) is 6.10 Å². The summed E-state index contributed by atoms with van der Waals surface area (Å²) in [6, 6.07) is 8.52. The van der Waals surface area contributed by atoms with Crippen LogP contribution < -0.4 is 5.32 Å². The van der Waals surface area contributed by atoms with Gasteiger partial charge in [0.2, 0.25) is 0 Å². The molecule has 2 nitrogen and oxygen atoms in total. The summed E-state index contributed by atoms with van der Waals surface area (Å²) in [5, 5.41) is 3.31. The summed E-state index contributed by atoms with van der Waals surface area (Å²) in [6.07, 6.45) is 5.22. The lowest BCUT2D eigenvalue weighted by Crippen LogP contribution is -2.25. The van der Waals surface area contributed by atoms with E-state index in [4.69, 9.17) is 4.74 Å². The first-order valence-corrected chi connectivity index (χ1v) is 7.58. The molecule has 0 amide bonds. The van der Waals surface area contributed by atoms with E-state index in [1.807, 2.05) is 7.05 Å². The van der Waals surface area contributed by atoms with Crippen molar-refractivity contribution in [1.29, 1.82) is 0 Å². The highest BCUT2D eigenvalue weighted by molar-refractivity contribution is 9.10. The molecule has 3 heteroatoms. The van der Waals surface area contributed by atoms with Gasteiger partial charge >= 0.3 is 0 Å². The molecule has 1 aromatic rings. The van der Waals surface area contributed by atoms with Gasteiger partial charge in [0.1, 0.15) is 0 Å². The van der Waals surface area contributed by atoms with Crippen LogP contribution in [-0.4, -0.2) is 26.3 Å². The van der Waals surface area contributed by atoms with E-state index in [1.54, 1.807) is 0 Å². The number of hydrogen-bond donors (Lipinski definition) is 1. The third-order valence-corrected chi connectivity index (χ3v) is 4.35. The Labute approximate surface area is 118 Å². The van der Waals surface area contributed by atoms with E-state index < -0.39 is 0 Å². The number of hydrogen-bond acceptors (Lipinski definition) is 2. The number of halogens is 1. The SMILES string of the molecule is CNCC(Cc1ccccc1Br)CC1CCCO1. The highest BCUT2D eigenvalue weighted by Crippen LogP contribution is 2.25. The fourth-order valence-electron chi connectivity index (χ4n) is 2.70. The zero-order valence-corrected chi connectivity index (χ0v) is 12.6. The quantitative estimate of drug-likeness (QED) is 0.869. The molecular formula is C15H22BrNO. The molecule has 1 aliphatic heterocycles. The fourth-order valence-corrected chi connectivity index (χ4v) is 3.15. The van der Waals surface area contributed by atoms with Crippen molar-refractivity contribution in [2.24, 2.45) is 5.92 Å². The van der Waals surface area contributed by atoms with Crippen LogP contribution in [0.3, 0.4) is 0 Å². The van der Waals surface area contributed by atoms with E-state index in [0.29, 0.717) is 12.0 Å². The Balaban J connectivity index is 1.94. The molecule has 1 aromatic carbocycles. The Morgan fingerprint density at radius 2 is 2.28 bits per heavy atom. The van der Waals surface area contributed by atoms with E-state index >= 15 is 0 Å². The molecule has 0 bridgehead atoms.